The summed E-state index contributed by atoms with van der Waals surface area (Å²) in [6, 6.07) is 5.14. The zero-order valence-corrected chi connectivity index (χ0v) is 17.0. The van der Waals surface area contributed by atoms with Crippen molar-refractivity contribution in [2.24, 2.45) is 0 Å². The molecular formula is C21H22F3N5O2. The lowest BCUT2D eigenvalue weighted by Gasteiger charge is -2.20. The first-order chi connectivity index (χ1) is 15.0. The summed E-state index contributed by atoms with van der Waals surface area (Å²) in [4.78, 5) is 4.77. The molecule has 1 aromatic carbocycles. The van der Waals surface area contributed by atoms with E-state index in [2.05, 4.69) is 20.6 Å². The maximum absolute atomic E-state index is 13.1. The van der Waals surface area contributed by atoms with Gasteiger partial charge >= 0.3 is 6.18 Å². The van der Waals surface area contributed by atoms with E-state index in [1.54, 1.807) is 7.11 Å². The Balaban J connectivity index is 1.93. The van der Waals surface area contributed by atoms with Gasteiger partial charge in [-0.1, -0.05) is 18.6 Å². The number of hydrogen-bond donors (Lipinski definition) is 1. The minimum absolute atomic E-state index is 0.267. The number of benzene rings is 1. The molecule has 1 N–H and O–H groups in total. The van der Waals surface area contributed by atoms with Crippen LogP contribution in [0, 0.1) is 0 Å². The Hall–Kier alpha value is -3.01. The molecule has 10 heteroatoms. The molecule has 4 rings (SSSR count). The van der Waals surface area contributed by atoms with Crippen LogP contribution in [0.2, 0.25) is 0 Å². The maximum atomic E-state index is 13.1. The van der Waals surface area contributed by atoms with E-state index in [0.717, 1.165) is 61.1 Å². The number of rotatable bonds is 6. The highest BCUT2D eigenvalue weighted by Crippen LogP contribution is 2.42. The van der Waals surface area contributed by atoms with Crippen LogP contribution in [0.15, 0.2) is 24.3 Å². The predicted octanol–water partition coefficient (Wildman–Crippen LogP) is 4.24. The number of alkyl halides is 3. The number of hydrogen-bond acceptors (Lipinski definition) is 6. The van der Waals surface area contributed by atoms with Gasteiger partial charge in [0, 0.05) is 18.4 Å². The summed E-state index contributed by atoms with van der Waals surface area (Å²) >= 11 is 0. The van der Waals surface area contributed by atoms with E-state index in [0.29, 0.717) is 29.4 Å². The van der Waals surface area contributed by atoms with Crippen molar-refractivity contribution in [3.05, 3.63) is 41.1 Å². The van der Waals surface area contributed by atoms with Crippen LogP contribution < -0.4 is 4.74 Å². The van der Waals surface area contributed by atoms with Crippen LogP contribution in [-0.4, -0.2) is 45.9 Å². The fourth-order valence-corrected chi connectivity index (χ4v) is 3.85. The minimum Gasteiger partial charge on any atom is -0.475 e. The van der Waals surface area contributed by atoms with Gasteiger partial charge in [-0.25, -0.2) is 10.1 Å². The molecule has 2 aromatic heterocycles. The van der Waals surface area contributed by atoms with Gasteiger partial charge in [-0.3, -0.25) is 0 Å². The monoisotopic (exact) mass is 433 g/mol. The van der Waals surface area contributed by atoms with Crippen molar-refractivity contribution in [1.82, 2.24) is 25.6 Å². The van der Waals surface area contributed by atoms with Crippen molar-refractivity contribution in [1.29, 1.82) is 0 Å². The van der Waals surface area contributed by atoms with E-state index in [-0.39, 0.29) is 6.61 Å². The Morgan fingerprint density at radius 3 is 2.45 bits per heavy atom. The molecule has 0 saturated heterocycles. The normalized spacial score (nSPS) is 14.2. The highest BCUT2D eigenvalue weighted by Gasteiger charge is 2.31. The van der Waals surface area contributed by atoms with Gasteiger partial charge in [0.25, 0.3) is 0 Å². The molecule has 0 atom stereocenters. The molecule has 164 valence electrons. The second-order valence-corrected chi connectivity index (χ2v) is 7.32. The second-order valence-electron chi connectivity index (χ2n) is 7.32. The van der Waals surface area contributed by atoms with Crippen molar-refractivity contribution < 1.29 is 22.6 Å². The van der Waals surface area contributed by atoms with E-state index in [9.17, 15) is 13.2 Å². The molecule has 0 saturated carbocycles. The Bertz CT molecular complexity index is 1020. The van der Waals surface area contributed by atoms with Gasteiger partial charge in [0.1, 0.15) is 6.61 Å². The molecule has 0 spiro atoms. The van der Waals surface area contributed by atoms with E-state index >= 15 is 0 Å². The van der Waals surface area contributed by atoms with E-state index in [1.807, 2.05) is 0 Å². The Kier molecular flexibility index (Phi) is 6.17. The molecule has 0 bridgehead atoms. The molecule has 2 heterocycles. The molecule has 1 aliphatic rings. The smallest absolute Gasteiger partial charge is 0.416 e. The molecule has 0 amide bonds. The fraction of sp³-hybridized carbons (Fsp3) is 0.429. The first-order valence-corrected chi connectivity index (χ1v) is 10.1. The largest absolute Gasteiger partial charge is 0.475 e. The third-order valence-electron chi connectivity index (χ3n) is 5.30. The van der Waals surface area contributed by atoms with Gasteiger partial charge in [0.2, 0.25) is 5.88 Å². The molecule has 7 nitrogen and oxygen atoms in total. The minimum atomic E-state index is -4.40. The lowest BCUT2D eigenvalue weighted by molar-refractivity contribution is -0.137. The van der Waals surface area contributed by atoms with Crippen molar-refractivity contribution in [3.63, 3.8) is 0 Å². The fourth-order valence-electron chi connectivity index (χ4n) is 3.85. The molecule has 0 radical (unpaired) electrons. The highest BCUT2D eigenvalue weighted by atomic mass is 19.4. The van der Waals surface area contributed by atoms with Gasteiger partial charge in [0.05, 0.1) is 17.7 Å². The third-order valence-corrected chi connectivity index (χ3v) is 5.30. The number of aromatic nitrogens is 5. The van der Waals surface area contributed by atoms with Crippen LogP contribution in [-0.2, 0) is 23.8 Å². The van der Waals surface area contributed by atoms with Crippen LogP contribution in [0.1, 0.15) is 36.1 Å². The number of tetrazole rings is 1. The maximum Gasteiger partial charge on any atom is 0.416 e. The molecule has 1 aliphatic carbocycles. The van der Waals surface area contributed by atoms with Crippen LogP contribution in [0.3, 0.4) is 0 Å². The van der Waals surface area contributed by atoms with Crippen molar-refractivity contribution in [2.75, 3.05) is 20.3 Å². The summed E-state index contributed by atoms with van der Waals surface area (Å²) in [5.74, 6) is 0.688. The quantitative estimate of drug-likeness (QED) is 0.462. The van der Waals surface area contributed by atoms with Crippen molar-refractivity contribution in [3.8, 4) is 28.4 Å². The molecule has 0 fully saturated rings. The number of aromatic amines is 1. The number of H-pyrrole nitrogens is 1. The zero-order valence-electron chi connectivity index (χ0n) is 17.0. The Morgan fingerprint density at radius 2 is 1.77 bits per heavy atom. The number of nitrogens with zero attached hydrogens (tertiary/aromatic N) is 4. The van der Waals surface area contributed by atoms with Gasteiger partial charge in [0.15, 0.2) is 5.82 Å². The van der Waals surface area contributed by atoms with Crippen molar-refractivity contribution in [2.45, 2.75) is 38.3 Å². The lowest BCUT2D eigenvalue weighted by atomic mass is 9.90. The first kappa shape index (κ1) is 21.2. The lowest BCUT2D eigenvalue weighted by Crippen LogP contribution is -2.11. The van der Waals surface area contributed by atoms with E-state index < -0.39 is 11.7 Å². The number of nitrogens with one attached hydrogen (secondary N) is 1. The van der Waals surface area contributed by atoms with Gasteiger partial charge < -0.3 is 9.47 Å². The van der Waals surface area contributed by atoms with Gasteiger partial charge in [-0.2, -0.15) is 13.2 Å². The number of methoxy groups -OCH3 is 1. The van der Waals surface area contributed by atoms with Crippen LogP contribution >= 0.6 is 0 Å². The Morgan fingerprint density at radius 1 is 1.00 bits per heavy atom. The third kappa shape index (κ3) is 4.53. The predicted molar refractivity (Wildman–Crippen MR) is 106 cm³/mol. The summed E-state index contributed by atoms with van der Waals surface area (Å²) in [7, 11) is 1.57. The Labute approximate surface area is 177 Å². The standard InChI is InChI=1S/C21H22F3N5O2/c1-30-11-12-31-20-18(19-26-28-29-27-19)17(15-5-3-2-4-6-16(15)25-20)13-7-9-14(10-8-13)21(22,23)24/h7-10H,2-6,11-12H2,1H3,(H,26,27,28,29). The number of fused-ring (bicyclic) bond motifs is 1. The summed E-state index contributed by atoms with van der Waals surface area (Å²) in [5.41, 5.74) is 3.14. The summed E-state index contributed by atoms with van der Waals surface area (Å²) in [6.07, 6.45) is 0.166. The van der Waals surface area contributed by atoms with Gasteiger partial charge in [-0.05, 0) is 59.4 Å². The average molecular weight is 433 g/mol. The average Bonchev–Trinajstić information content (AvgIpc) is 3.18. The first-order valence-electron chi connectivity index (χ1n) is 10.1. The number of aryl methyl sites for hydroxylation is 1. The molecule has 0 unspecified atom stereocenters. The topological polar surface area (TPSA) is 85.8 Å². The van der Waals surface area contributed by atoms with Crippen LogP contribution in [0.5, 0.6) is 5.88 Å². The summed E-state index contributed by atoms with van der Waals surface area (Å²) < 4.78 is 50.3. The van der Waals surface area contributed by atoms with Crippen LogP contribution in [0.4, 0.5) is 13.2 Å². The number of pyridine rings is 1. The number of ether oxygens (including phenoxy) is 2. The SMILES string of the molecule is COCCOc1nc2c(c(-c3ccc(C(F)(F)F)cc3)c1-c1nnn[nH]1)CCCCC2. The second kappa shape index (κ2) is 9.01. The molecule has 3 aromatic rings. The number of halogens is 3. The zero-order chi connectivity index (χ0) is 21.8. The highest BCUT2D eigenvalue weighted by molar-refractivity contribution is 5.86. The molecule has 31 heavy (non-hydrogen) atoms. The summed E-state index contributed by atoms with van der Waals surface area (Å²) in [5, 5.41) is 14.1. The van der Waals surface area contributed by atoms with Crippen LogP contribution in [0.25, 0.3) is 22.5 Å². The molecule has 0 aliphatic heterocycles. The summed E-state index contributed by atoms with van der Waals surface area (Å²) in [6.45, 7) is 0.631. The molecular weight excluding hydrogens is 411 g/mol. The van der Waals surface area contributed by atoms with E-state index in [1.165, 1.54) is 12.1 Å². The van der Waals surface area contributed by atoms with Crippen molar-refractivity contribution >= 4 is 0 Å². The van der Waals surface area contributed by atoms with Gasteiger partial charge in [-0.15, -0.1) is 5.10 Å². The van der Waals surface area contributed by atoms with E-state index in [4.69, 9.17) is 14.5 Å².